The molecule has 0 spiro atoms. The Kier molecular flexibility index (Phi) is 5.97. The lowest BCUT2D eigenvalue weighted by molar-refractivity contribution is 0.261. The van der Waals surface area contributed by atoms with Crippen LogP contribution in [0.4, 0.5) is 5.82 Å². The van der Waals surface area contributed by atoms with E-state index in [1.165, 1.54) is 6.42 Å². The van der Waals surface area contributed by atoms with E-state index in [9.17, 15) is 0 Å². The third kappa shape index (κ3) is 4.34. The van der Waals surface area contributed by atoms with Gasteiger partial charge < -0.3 is 10.2 Å². The van der Waals surface area contributed by atoms with Crippen LogP contribution in [-0.2, 0) is 6.54 Å². The van der Waals surface area contributed by atoms with Gasteiger partial charge in [0, 0.05) is 25.7 Å². The number of likely N-dealkylation sites (N-methyl/N-ethyl adjacent to an activating group) is 1. The van der Waals surface area contributed by atoms with Crippen LogP contribution in [0.5, 0.6) is 0 Å². The standard InChI is InChI=1S/C12H25N5/c1-5-8-17-12(10-14-15-17)13-7-9-16(4)11(3)6-2/h10-11,13H,5-9H2,1-4H3. The summed E-state index contributed by atoms with van der Waals surface area (Å²) < 4.78 is 1.92. The first kappa shape index (κ1) is 14.0. The summed E-state index contributed by atoms with van der Waals surface area (Å²) in [6.45, 7) is 9.49. The van der Waals surface area contributed by atoms with Crippen molar-refractivity contribution in [3.8, 4) is 0 Å². The van der Waals surface area contributed by atoms with Gasteiger partial charge >= 0.3 is 0 Å². The van der Waals surface area contributed by atoms with Crippen molar-refractivity contribution in [3.63, 3.8) is 0 Å². The van der Waals surface area contributed by atoms with Crippen LogP contribution in [-0.4, -0.2) is 46.1 Å². The number of nitrogens with one attached hydrogen (secondary N) is 1. The summed E-state index contributed by atoms with van der Waals surface area (Å²) in [6, 6.07) is 0.635. The third-order valence-electron chi connectivity index (χ3n) is 3.17. The summed E-state index contributed by atoms with van der Waals surface area (Å²) in [5, 5.41) is 11.4. The van der Waals surface area contributed by atoms with Crippen molar-refractivity contribution in [1.29, 1.82) is 0 Å². The Morgan fingerprint density at radius 3 is 2.88 bits per heavy atom. The molecule has 1 atom stereocenters. The molecular formula is C12H25N5. The van der Waals surface area contributed by atoms with Crippen LogP contribution in [0.1, 0.15) is 33.6 Å². The van der Waals surface area contributed by atoms with Gasteiger partial charge in [-0.15, -0.1) is 5.10 Å². The molecule has 1 heterocycles. The van der Waals surface area contributed by atoms with Gasteiger partial charge in [0.25, 0.3) is 0 Å². The summed E-state index contributed by atoms with van der Waals surface area (Å²) in [4.78, 5) is 2.36. The van der Waals surface area contributed by atoms with Gasteiger partial charge in [0.05, 0.1) is 6.20 Å². The fourth-order valence-electron chi connectivity index (χ4n) is 1.66. The second-order valence-corrected chi connectivity index (χ2v) is 4.51. The molecule has 0 radical (unpaired) electrons. The van der Waals surface area contributed by atoms with Crippen LogP contribution in [0.2, 0.25) is 0 Å². The van der Waals surface area contributed by atoms with E-state index in [-0.39, 0.29) is 0 Å². The van der Waals surface area contributed by atoms with Gasteiger partial charge in [-0.25, -0.2) is 4.68 Å². The molecule has 5 heteroatoms. The lowest BCUT2D eigenvalue weighted by atomic mass is 10.2. The molecule has 1 unspecified atom stereocenters. The summed E-state index contributed by atoms with van der Waals surface area (Å²) >= 11 is 0. The minimum atomic E-state index is 0.635. The van der Waals surface area contributed by atoms with Crippen LogP contribution >= 0.6 is 0 Å². The number of aromatic nitrogens is 3. The van der Waals surface area contributed by atoms with Gasteiger partial charge in [-0.3, -0.25) is 0 Å². The van der Waals surface area contributed by atoms with Crippen molar-refractivity contribution in [3.05, 3.63) is 6.20 Å². The molecule has 98 valence electrons. The van der Waals surface area contributed by atoms with Crippen molar-refractivity contribution in [1.82, 2.24) is 19.9 Å². The van der Waals surface area contributed by atoms with Crippen molar-refractivity contribution < 1.29 is 0 Å². The summed E-state index contributed by atoms with van der Waals surface area (Å²) in [7, 11) is 2.16. The van der Waals surface area contributed by atoms with E-state index in [1.54, 1.807) is 6.20 Å². The topological polar surface area (TPSA) is 46.0 Å². The minimum absolute atomic E-state index is 0.635. The predicted octanol–water partition coefficient (Wildman–Crippen LogP) is 1.83. The van der Waals surface area contributed by atoms with Crippen LogP contribution in [0.15, 0.2) is 6.20 Å². The summed E-state index contributed by atoms with van der Waals surface area (Å²) in [5.74, 6) is 1.02. The molecule has 0 saturated heterocycles. The van der Waals surface area contributed by atoms with E-state index in [1.807, 2.05) is 4.68 Å². The smallest absolute Gasteiger partial charge is 0.144 e. The van der Waals surface area contributed by atoms with E-state index >= 15 is 0 Å². The largest absolute Gasteiger partial charge is 0.368 e. The quantitative estimate of drug-likeness (QED) is 0.752. The van der Waals surface area contributed by atoms with Crippen LogP contribution < -0.4 is 5.32 Å². The average Bonchev–Trinajstić information content (AvgIpc) is 2.76. The summed E-state index contributed by atoms with van der Waals surface area (Å²) in [5.41, 5.74) is 0. The van der Waals surface area contributed by atoms with E-state index in [4.69, 9.17) is 0 Å². The molecule has 1 rings (SSSR count). The third-order valence-corrected chi connectivity index (χ3v) is 3.17. The normalized spacial score (nSPS) is 13.0. The average molecular weight is 239 g/mol. The fraction of sp³-hybridized carbons (Fsp3) is 0.833. The van der Waals surface area contributed by atoms with E-state index in [2.05, 4.69) is 48.3 Å². The van der Waals surface area contributed by atoms with Crippen molar-refractivity contribution in [2.75, 3.05) is 25.5 Å². The van der Waals surface area contributed by atoms with Gasteiger partial charge in [-0.05, 0) is 26.8 Å². The zero-order valence-electron chi connectivity index (χ0n) is 11.5. The first-order valence-corrected chi connectivity index (χ1v) is 6.51. The Labute approximate surface area is 104 Å². The molecule has 1 aromatic rings. The maximum absolute atomic E-state index is 4.05. The van der Waals surface area contributed by atoms with Crippen molar-refractivity contribution in [2.45, 2.75) is 46.2 Å². The monoisotopic (exact) mass is 239 g/mol. The molecule has 0 aliphatic heterocycles. The lowest BCUT2D eigenvalue weighted by Gasteiger charge is -2.23. The Bertz CT molecular complexity index is 310. The fourth-order valence-corrected chi connectivity index (χ4v) is 1.66. The highest BCUT2D eigenvalue weighted by molar-refractivity contribution is 5.30. The molecule has 17 heavy (non-hydrogen) atoms. The number of rotatable bonds is 8. The maximum atomic E-state index is 4.05. The SMILES string of the molecule is CCCn1nncc1NCCN(C)C(C)CC. The highest BCUT2D eigenvalue weighted by Crippen LogP contribution is 2.05. The molecule has 1 aromatic heterocycles. The first-order valence-electron chi connectivity index (χ1n) is 6.51. The van der Waals surface area contributed by atoms with Gasteiger partial charge in [-0.2, -0.15) is 0 Å². The summed E-state index contributed by atoms with van der Waals surface area (Å²) in [6.07, 6.45) is 4.05. The van der Waals surface area contributed by atoms with Crippen molar-refractivity contribution in [2.24, 2.45) is 0 Å². The first-order chi connectivity index (χ1) is 8.19. The Balaban J connectivity index is 2.32. The van der Waals surface area contributed by atoms with E-state index < -0.39 is 0 Å². The van der Waals surface area contributed by atoms with E-state index in [0.717, 1.165) is 31.9 Å². The van der Waals surface area contributed by atoms with E-state index in [0.29, 0.717) is 6.04 Å². The van der Waals surface area contributed by atoms with Crippen LogP contribution in [0.3, 0.4) is 0 Å². The molecule has 5 nitrogen and oxygen atoms in total. The second kappa shape index (κ2) is 7.27. The van der Waals surface area contributed by atoms with Gasteiger partial charge in [0.1, 0.15) is 5.82 Å². The molecule has 0 amide bonds. The zero-order chi connectivity index (χ0) is 12.7. The van der Waals surface area contributed by atoms with Crippen LogP contribution in [0, 0.1) is 0 Å². The molecule has 0 saturated carbocycles. The highest BCUT2D eigenvalue weighted by atomic mass is 15.4. The van der Waals surface area contributed by atoms with Gasteiger partial charge in [0.15, 0.2) is 0 Å². The number of anilines is 1. The molecule has 0 bridgehead atoms. The predicted molar refractivity (Wildman–Crippen MR) is 71.2 cm³/mol. The second-order valence-electron chi connectivity index (χ2n) is 4.51. The Morgan fingerprint density at radius 2 is 2.24 bits per heavy atom. The Hall–Kier alpha value is -1.10. The lowest BCUT2D eigenvalue weighted by Crippen LogP contribution is -2.33. The number of hydrogen-bond acceptors (Lipinski definition) is 4. The molecule has 0 fully saturated rings. The number of aryl methyl sites for hydroxylation is 1. The number of nitrogens with zero attached hydrogens (tertiary/aromatic N) is 4. The Morgan fingerprint density at radius 1 is 1.47 bits per heavy atom. The molecule has 0 aliphatic carbocycles. The van der Waals surface area contributed by atoms with Gasteiger partial charge in [-0.1, -0.05) is 19.1 Å². The van der Waals surface area contributed by atoms with Gasteiger partial charge in [0.2, 0.25) is 0 Å². The zero-order valence-corrected chi connectivity index (χ0v) is 11.5. The molecular weight excluding hydrogens is 214 g/mol. The number of hydrogen-bond donors (Lipinski definition) is 1. The molecule has 0 aromatic carbocycles. The molecule has 1 N–H and O–H groups in total. The highest BCUT2D eigenvalue weighted by Gasteiger charge is 2.06. The van der Waals surface area contributed by atoms with Crippen LogP contribution in [0.25, 0.3) is 0 Å². The maximum Gasteiger partial charge on any atom is 0.144 e. The molecule has 0 aliphatic rings. The van der Waals surface area contributed by atoms with Crippen molar-refractivity contribution >= 4 is 5.82 Å². The minimum Gasteiger partial charge on any atom is -0.368 e.